The highest BCUT2D eigenvalue weighted by Gasteiger charge is 2.47. The van der Waals surface area contributed by atoms with Crippen LogP contribution in [0, 0.1) is 12.3 Å². The lowest BCUT2D eigenvalue weighted by atomic mass is 9.77. The topological polar surface area (TPSA) is 165 Å². The number of nitrogens with one attached hydrogen (secondary N) is 4. The van der Waals surface area contributed by atoms with Gasteiger partial charge in [-0.05, 0) is 74.9 Å². The average molecular weight is 672 g/mol. The first kappa shape index (κ1) is 32.8. The Morgan fingerprint density at radius 1 is 1.00 bits per heavy atom. The lowest BCUT2D eigenvalue weighted by Gasteiger charge is -2.43. The summed E-state index contributed by atoms with van der Waals surface area (Å²) in [6.45, 7) is 7.17. The minimum Gasteiger partial charge on any atom is -0.437 e. The number of carbonyl (C=O) groups excluding carboxylic acids is 4. The van der Waals surface area contributed by atoms with Gasteiger partial charge in [-0.3, -0.25) is 20.0 Å². The maximum Gasteiger partial charge on any atom is 0.413 e. The zero-order chi connectivity index (χ0) is 34.3. The number of ether oxygens (including phenoxy) is 1. The number of urea groups is 1. The fourth-order valence-corrected chi connectivity index (χ4v) is 8.13. The molecule has 0 saturated carbocycles. The van der Waals surface area contributed by atoms with Crippen molar-refractivity contribution in [3.63, 3.8) is 0 Å². The van der Waals surface area contributed by atoms with Gasteiger partial charge in [-0.25, -0.2) is 14.6 Å². The highest BCUT2D eigenvalue weighted by Crippen LogP contribution is 2.43. The summed E-state index contributed by atoms with van der Waals surface area (Å²) >= 11 is 0. The molecule has 260 valence electrons. The van der Waals surface area contributed by atoms with E-state index in [1.54, 1.807) is 24.3 Å². The zero-order valence-electron chi connectivity index (χ0n) is 28.4. The molecule has 5 amide bonds. The largest absolute Gasteiger partial charge is 0.437 e. The second-order valence-corrected chi connectivity index (χ2v) is 14.2. The monoisotopic (exact) mass is 671 g/mol. The van der Waals surface area contributed by atoms with Crippen molar-refractivity contribution in [2.24, 2.45) is 5.41 Å². The van der Waals surface area contributed by atoms with E-state index in [4.69, 9.17) is 4.74 Å². The molecule has 3 aromatic rings. The quantitative estimate of drug-likeness (QED) is 0.311. The highest BCUT2D eigenvalue weighted by molar-refractivity contribution is 5.89. The summed E-state index contributed by atoms with van der Waals surface area (Å²) in [5, 5.41) is 17.0. The maximum absolute atomic E-state index is 14.3. The Labute approximate surface area is 285 Å². The molecule has 3 fully saturated rings. The maximum atomic E-state index is 14.3. The molecule has 14 nitrogen and oxygen atoms in total. The molecule has 0 bridgehead atoms. The summed E-state index contributed by atoms with van der Waals surface area (Å²) in [4.78, 5) is 63.2. The first-order valence-electron chi connectivity index (χ1n) is 17.3. The number of likely N-dealkylation sites (tertiary alicyclic amines) is 3. The first-order chi connectivity index (χ1) is 23.6. The van der Waals surface area contributed by atoms with Gasteiger partial charge in [-0.1, -0.05) is 6.07 Å². The Balaban J connectivity index is 1.06. The fraction of sp³-hybridized carbons (Fsp3) is 0.543. The molecule has 2 aromatic heterocycles. The minimum absolute atomic E-state index is 0.0329. The van der Waals surface area contributed by atoms with Gasteiger partial charge in [-0.15, -0.1) is 0 Å². The molecule has 49 heavy (non-hydrogen) atoms. The number of aromatic nitrogens is 3. The SMILES string of the molecule is CN[C@@H](C)C(=O)N1CCC2(CC1)CCN(C(=O)[C@H](Cc1cc(C)c3[nH]ncc3c1)NC(=O)N1CCC3(CC1)OC(=O)Nc1ncccc13)C2. The standard InChI is InChI=1S/C35H45N9O5/c1-22-17-24(18-25-20-38-41-28(22)25)19-27(31(46)44-14-8-34(21-44)6-12-42(13-7-34)30(45)23(2)36-3)39-32(47)43-15-9-35(10-16-43)26-5-4-11-37-29(26)40-33(48)49-35/h4-5,11,17-18,20,23,27,36H,6-10,12-16,19,21H2,1-3H3,(H,38,41)(H,39,47)(H,37,40,48)/t23-,27-/m0/s1. The summed E-state index contributed by atoms with van der Waals surface area (Å²) in [5.41, 5.74) is 2.82. The van der Waals surface area contributed by atoms with Gasteiger partial charge in [0, 0.05) is 75.7 Å². The Morgan fingerprint density at radius 3 is 2.45 bits per heavy atom. The van der Waals surface area contributed by atoms with E-state index >= 15 is 0 Å². The number of likely N-dealkylation sites (N-methyl/N-ethyl adjacent to an activating group) is 1. The normalized spacial score (nSPS) is 20.9. The Hall–Kier alpha value is -4.72. The number of fused-ring (bicyclic) bond motifs is 3. The Kier molecular flexibility index (Phi) is 8.67. The lowest BCUT2D eigenvalue weighted by molar-refractivity contribution is -0.136. The molecule has 7 rings (SSSR count). The third kappa shape index (κ3) is 6.29. The van der Waals surface area contributed by atoms with Crippen LogP contribution in [0.15, 0.2) is 36.7 Å². The van der Waals surface area contributed by atoms with Gasteiger partial charge in [0.25, 0.3) is 0 Å². The van der Waals surface area contributed by atoms with E-state index in [9.17, 15) is 19.2 Å². The molecule has 4 aliphatic rings. The number of amides is 5. The Bertz CT molecular complexity index is 1760. The van der Waals surface area contributed by atoms with Crippen LogP contribution in [-0.2, 0) is 26.3 Å². The number of anilines is 1. The fourth-order valence-electron chi connectivity index (χ4n) is 8.13. The number of pyridine rings is 1. The van der Waals surface area contributed by atoms with Gasteiger partial charge in [0.2, 0.25) is 11.8 Å². The van der Waals surface area contributed by atoms with Crippen LogP contribution in [-0.4, -0.2) is 112 Å². The summed E-state index contributed by atoms with van der Waals surface area (Å²) in [6, 6.07) is 6.46. The van der Waals surface area contributed by atoms with Crippen molar-refractivity contribution in [3.8, 4) is 0 Å². The van der Waals surface area contributed by atoms with Gasteiger partial charge in [0.15, 0.2) is 0 Å². The third-order valence-corrected chi connectivity index (χ3v) is 11.2. The van der Waals surface area contributed by atoms with Crippen molar-refractivity contribution in [2.75, 3.05) is 51.6 Å². The van der Waals surface area contributed by atoms with Crippen molar-refractivity contribution in [1.82, 2.24) is 40.5 Å². The molecule has 14 heteroatoms. The smallest absolute Gasteiger partial charge is 0.413 e. The van der Waals surface area contributed by atoms with E-state index in [1.807, 2.05) is 47.9 Å². The third-order valence-electron chi connectivity index (χ3n) is 11.2. The summed E-state index contributed by atoms with van der Waals surface area (Å²) < 4.78 is 5.82. The summed E-state index contributed by atoms with van der Waals surface area (Å²) in [5.74, 6) is 0.498. The molecule has 1 aromatic carbocycles. The van der Waals surface area contributed by atoms with Crippen LogP contribution in [0.4, 0.5) is 15.4 Å². The molecule has 3 saturated heterocycles. The van der Waals surface area contributed by atoms with E-state index in [-0.39, 0.29) is 29.3 Å². The lowest BCUT2D eigenvalue weighted by Crippen LogP contribution is -2.56. The van der Waals surface area contributed by atoms with Crippen LogP contribution in [0.5, 0.6) is 0 Å². The van der Waals surface area contributed by atoms with Gasteiger partial charge in [0.05, 0.1) is 17.8 Å². The second-order valence-electron chi connectivity index (χ2n) is 14.2. The number of aryl methyl sites for hydroxylation is 1. The molecule has 4 aliphatic heterocycles. The number of carbonyl (C=O) groups is 4. The van der Waals surface area contributed by atoms with Gasteiger partial charge in [0.1, 0.15) is 17.5 Å². The predicted molar refractivity (Wildman–Crippen MR) is 182 cm³/mol. The minimum atomic E-state index is -0.857. The van der Waals surface area contributed by atoms with E-state index in [0.29, 0.717) is 64.3 Å². The molecule has 4 N–H and O–H groups in total. The van der Waals surface area contributed by atoms with Crippen LogP contribution >= 0.6 is 0 Å². The number of piperidine rings is 2. The number of benzene rings is 1. The molecular formula is C35H45N9O5. The molecule has 0 radical (unpaired) electrons. The molecule has 0 aliphatic carbocycles. The number of rotatable bonds is 6. The average Bonchev–Trinajstić information content (AvgIpc) is 3.75. The number of hydrogen-bond donors (Lipinski definition) is 4. The van der Waals surface area contributed by atoms with E-state index in [2.05, 4.69) is 31.1 Å². The molecule has 0 unspecified atom stereocenters. The van der Waals surface area contributed by atoms with Gasteiger partial charge < -0.3 is 30.1 Å². The zero-order valence-corrected chi connectivity index (χ0v) is 28.4. The number of aromatic amines is 1. The number of hydrogen-bond acceptors (Lipinski definition) is 8. The molecule has 2 atom stereocenters. The first-order valence-corrected chi connectivity index (χ1v) is 17.3. The van der Waals surface area contributed by atoms with Crippen molar-refractivity contribution in [2.45, 2.75) is 70.1 Å². The number of H-pyrrole nitrogens is 1. The molecular weight excluding hydrogens is 626 g/mol. The van der Waals surface area contributed by atoms with Gasteiger partial charge in [-0.2, -0.15) is 5.10 Å². The van der Waals surface area contributed by atoms with Crippen LogP contribution in [0.2, 0.25) is 0 Å². The summed E-state index contributed by atoms with van der Waals surface area (Å²) in [6.07, 6.45) is 6.59. The van der Waals surface area contributed by atoms with E-state index < -0.39 is 17.7 Å². The van der Waals surface area contributed by atoms with Crippen LogP contribution < -0.4 is 16.0 Å². The van der Waals surface area contributed by atoms with E-state index in [1.165, 1.54) is 0 Å². The van der Waals surface area contributed by atoms with Crippen LogP contribution in [0.3, 0.4) is 0 Å². The van der Waals surface area contributed by atoms with Crippen molar-refractivity contribution >= 4 is 40.7 Å². The van der Waals surface area contributed by atoms with Crippen LogP contribution in [0.1, 0.15) is 55.7 Å². The number of nitrogens with zero attached hydrogens (tertiary/aromatic N) is 5. The van der Waals surface area contributed by atoms with Crippen molar-refractivity contribution < 1.29 is 23.9 Å². The predicted octanol–water partition coefficient (Wildman–Crippen LogP) is 2.89. The van der Waals surface area contributed by atoms with Crippen molar-refractivity contribution in [3.05, 3.63) is 53.3 Å². The van der Waals surface area contributed by atoms with Crippen LogP contribution in [0.25, 0.3) is 10.9 Å². The summed E-state index contributed by atoms with van der Waals surface area (Å²) in [7, 11) is 1.79. The molecule has 6 heterocycles. The second kappa shape index (κ2) is 13.0. The molecule has 2 spiro atoms. The highest BCUT2D eigenvalue weighted by atomic mass is 16.6. The Morgan fingerprint density at radius 2 is 1.71 bits per heavy atom. The van der Waals surface area contributed by atoms with E-state index in [0.717, 1.165) is 46.9 Å². The van der Waals surface area contributed by atoms with Crippen molar-refractivity contribution in [1.29, 1.82) is 0 Å². The van der Waals surface area contributed by atoms with Gasteiger partial charge >= 0.3 is 12.1 Å².